The molecule has 7 nitrogen and oxygen atoms in total. The van der Waals surface area contributed by atoms with Gasteiger partial charge in [0.05, 0.1) is 26.9 Å². The number of aliphatic imine (C=N–C) groups is 1. The van der Waals surface area contributed by atoms with Gasteiger partial charge in [0.15, 0.2) is 17.5 Å². The molecule has 1 fully saturated rings. The van der Waals surface area contributed by atoms with E-state index in [-0.39, 0.29) is 30.5 Å². The molecule has 0 amide bonds. The second-order valence-corrected chi connectivity index (χ2v) is 7.51. The van der Waals surface area contributed by atoms with E-state index in [4.69, 9.17) is 9.47 Å². The first-order chi connectivity index (χ1) is 14.1. The zero-order chi connectivity index (χ0) is 21.1. The molecule has 0 radical (unpaired) electrons. The van der Waals surface area contributed by atoms with Gasteiger partial charge in [0.2, 0.25) is 0 Å². The average molecular weight is 534 g/mol. The molecule has 0 spiro atoms. The van der Waals surface area contributed by atoms with Gasteiger partial charge in [-0.05, 0) is 57.4 Å². The molecule has 1 aromatic carbocycles. The minimum Gasteiger partial charge on any atom is -0.493 e. The molecule has 1 heterocycles. The first kappa shape index (κ1) is 26.8. The highest BCUT2D eigenvalue weighted by atomic mass is 127. The molecule has 30 heavy (non-hydrogen) atoms. The first-order valence-corrected chi connectivity index (χ1v) is 10.7. The minimum atomic E-state index is -0.709. The van der Waals surface area contributed by atoms with Gasteiger partial charge < -0.3 is 30.1 Å². The zero-order valence-electron chi connectivity index (χ0n) is 18.8. The summed E-state index contributed by atoms with van der Waals surface area (Å²) in [6.07, 6.45) is 4.35. The summed E-state index contributed by atoms with van der Waals surface area (Å²) in [7, 11) is 3.18. The molecule has 8 heteroatoms. The van der Waals surface area contributed by atoms with Gasteiger partial charge in [0, 0.05) is 25.7 Å². The second kappa shape index (κ2) is 14.7. The Morgan fingerprint density at radius 2 is 2.00 bits per heavy atom. The number of aliphatic hydroxyl groups is 1. The first-order valence-electron chi connectivity index (χ1n) is 10.7. The van der Waals surface area contributed by atoms with Crippen LogP contribution in [-0.2, 0) is 0 Å². The molecule has 0 bridgehead atoms. The molecule has 2 unspecified atom stereocenters. The maximum absolute atomic E-state index is 10.5. The fourth-order valence-electron chi connectivity index (χ4n) is 3.66. The molecule has 172 valence electrons. The molecule has 1 aliphatic rings. The van der Waals surface area contributed by atoms with E-state index in [1.54, 1.807) is 26.4 Å². The Morgan fingerprint density at radius 3 is 2.67 bits per heavy atom. The van der Waals surface area contributed by atoms with Crippen molar-refractivity contribution in [1.82, 2.24) is 15.5 Å². The lowest BCUT2D eigenvalue weighted by atomic mass is 10.0. The molecule has 2 atom stereocenters. The Balaban J connectivity index is 0.00000450. The summed E-state index contributed by atoms with van der Waals surface area (Å²) < 4.78 is 10.6. The number of likely N-dealkylation sites (tertiary alicyclic amines) is 1. The van der Waals surface area contributed by atoms with Gasteiger partial charge in [-0.15, -0.1) is 24.0 Å². The van der Waals surface area contributed by atoms with Crippen molar-refractivity contribution in [2.24, 2.45) is 4.99 Å². The third kappa shape index (κ3) is 8.47. The number of rotatable bonds is 10. The normalized spacial score (nSPS) is 18.3. The Bertz CT molecular complexity index is 645. The van der Waals surface area contributed by atoms with Crippen LogP contribution in [0.25, 0.3) is 0 Å². The number of hydrogen-bond donors (Lipinski definition) is 3. The quantitative estimate of drug-likeness (QED) is 0.185. The summed E-state index contributed by atoms with van der Waals surface area (Å²) in [6, 6.07) is 6.12. The van der Waals surface area contributed by atoms with E-state index >= 15 is 0 Å². The molecule has 0 saturated carbocycles. The van der Waals surface area contributed by atoms with Crippen LogP contribution in [0.1, 0.15) is 51.2 Å². The zero-order valence-corrected chi connectivity index (χ0v) is 21.1. The Hall–Kier alpha value is -1.26. The number of aliphatic hydroxyl groups excluding tert-OH is 1. The van der Waals surface area contributed by atoms with Crippen LogP contribution in [0.4, 0.5) is 0 Å². The van der Waals surface area contributed by atoms with Crippen LogP contribution in [0.3, 0.4) is 0 Å². The lowest BCUT2D eigenvalue weighted by Crippen LogP contribution is -2.41. The number of hydrogen-bond acceptors (Lipinski definition) is 5. The van der Waals surface area contributed by atoms with Crippen LogP contribution in [0.15, 0.2) is 23.2 Å². The highest BCUT2D eigenvalue weighted by Crippen LogP contribution is 2.30. The Labute approximate surface area is 198 Å². The van der Waals surface area contributed by atoms with Crippen LogP contribution in [0, 0.1) is 0 Å². The van der Waals surface area contributed by atoms with Crippen molar-refractivity contribution in [3.05, 3.63) is 23.8 Å². The molecular formula is C22H39IN4O3. The minimum absolute atomic E-state index is 0. The van der Waals surface area contributed by atoms with E-state index in [0.29, 0.717) is 17.5 Å². The molecule has 0 aromatic heterocycles. The van der Waals surface area contributed by atoms with Gasteiger partial charge in [-0.1, -0.05) is 12.5 Å². The maximum Gasteiger partial charge on any atom is 0.191 e. The number of nitrogens with zero attached hydrogens (tertiary/aromatic N) is 2. The van der Waals surface area contributed by atoms with Gasteiger partial charge in [-0.25, -0.2) is 0 Å². The van der Waals surface area contributed by atoms with Gasteiger partial charge in [-0.3, -0.25) is 4.99 Å². The maximum atomic E-state index is 10.5. The van der Waals surface area contributed by atoms with Gasteiger partial charge in [-0.2, -0.15) is 0 Å². The molecular weight excluding hydrogens is 495 g/mol. The number of halogens is 1. The fraction of sp³-hybridized carbons (Fsp3) is 0.682. The summed E-state index contributed by atoms with van der Waals surface area (Å²) in [5.74, 6) is 1.98. The number of ether oxygens (including phenoxy) is 2. The predicted octanol–water partition coefficient (Wildman–Crippen LogP) is 3.17. The number of methoxy groups -OCH3 is 2. The van der Waals surface area contributed by atoms with Gasteiger partial charge >= 0.3 is 0 Å². The van der Waals surface area contributed by atoms with E-state index in [1.165, 1.54) is 25.8 Å². The Kier molecular flexibility index (Phi) is 13.1. The van der Waals surface area contributed by atoms with Crippen LogP contribution >= 0.6 is 24.0 Å². The number of nitrogens with one attached hydrogen (secondary N) is 2. The highest BCUT2D eigenvalue weighted by molar-refractivity contribution is 14.0. The lowest BCUT2D eigenvalue weighted by Gasteiger charge is -2.33. The van der Waals surface area contributed by atoms with E-state index in [2.05, 4.69) is 27.4 Å². The second-order valence-electron chi connectivity index (χ2n) is 7.51. The topological polar surface area (TPSA) is 78.4 Å². The highest BCUT2D eigenvalue weighted by Gasteiger charge is 2.17. The predicted molar refractivity (Wildman–Crippen MR) is 133 cm³/mol. The summed E-state index contributed by atoms with van der Waals surface area (Å²) >= 11 is 0. The SMILES string of the molecule is CCNC(=NCC(O)c1ccc(OC)c(OC)c1)NCCCN1CCCCC1C.I. The van der Waals surface area contributed by atoms with Crippen LogP contribution in [0.5, 0.6) is 11.5 Å². The van der Waals surface area contributed by atoms with Crippen molar-refractivity contribution in [3.8, 4) is 11.5 Å². The smallest absolute Gasteiger partial charge is 0.191 e. The van der Waals surface area contributed by atoms with Gasteiger partial charge in [0.1, 0.15) is 0 Å². The summed E-state index contributed by atoms with van der Waals surface area (Å²) in [4.78, 5) is 7.13. The van der Waals surface area contributed by atoms with E-state index < -0.39 is 6.10 Å². The van der Waals surface area contributed by atoms with E-state index in [1.807, 2.05) is 13.0 Å². The number of guanidine groups is 1. The van der Waals surface area contributed by atoms with E-state index in [0.717, 1.165) is 37.6 Å². The van der Waals surface area contributed by atoms with Crippen molar-refractivity contribution in [2.45, 2.75) is 51.7 Å². The van der Waals surface area contributed by atoms with Crippen LogP contribution in [-0.4, -0.2) is 69.0 Å². The van der Waals surface area contributed by atoms with Crippen LogP contribution < -0.4 is 20.1 Å². The Morgan fingerprint density at radius 1 is 1.23 bits per heavy atom. The molecule has 3 N–H and O–H groups in total. The monoisotopic (exact) mass is 534 g/mol. The molecule has 1 saturated heterocycles. The van der Waals surface area contributed by atoms with E-state index in [9.17, 15) is 5.11 Å². The largest absolute Gasteiger partial charge is 0.493 e. The number of piperidine rings is 1. The number of benzene rings is 1. The van der Waals surface area contributed by atoms with Crippen LogP contribution in [0.2, 0.25) is 0 Å². The average Bonchev–Trinajstić information content (AvgIpc) is 2.75. The molecule has 1 aromatic rings. The van der Waals surface area contributed by atoms with Crippen molar-refractivity contribution in [3.63, 3.8) is 0 Å². The lowest BCUT2D eigenvalue weighted by molar-refractivity contribution is 0.159. The summed E-state index contributed by atoms with van der Waals surface area (Å²) in [5.41, 5.74) is 0.751. The van der Waals surface area contributed by atoms with Crippen molar-refractivity contribution >= 4 is 29.9 Å². The standard InChI is InChI=1S/C22H38N4O3.HI/c1-5-23-22(24-12-8-14-26-13-7-6-9-17(26)2)25-16-19(27)18-10-11-20(28-3)21(15-18)29-4;/h10-11,15,17,19,27H,5-9,12-14,16H2,1-4H3,(H2,23,24,25);1H. The van der Waals surface area contributed by atoms with Gasteiger partial charge in [0.25, 0.3) is 0 Å². The third-order valence-electron chi connectivity index (χ3n) is 5.41. The molecule has 1 aliphatic heterocycles. The van der Waals surface area contributed by atoms with Crippen molar-refractivity contribution < 1.29 is 14.6 Å². The third-order valence-corrected chi connectivity index (χ3v) is 5.41. The summed E-state index contributed by atoms with van der Waals surface area (Å²) in [6.45, 7) is 8.61. The summed E-state index contributed by atoms with van der Waals surface area (Å²) in [5, 5.41) is 17.2. The van der Waals surface area contributed by atoms with Crippen molar-refractivity contribution in [1.29, 1.82) is 0 Å². The fourth-order valence-corrected chi connectivity index (χ4v) is 3.66. The molecule has 2 rings (SSSR count). The van der Waals surface area contributed by atoms with Crippen molar-refractivity contribution in [2.75, 3.05) is 46.9 Å². The molecule has 0 aliphatic carbocycles.